The Morgan fingerprint density at radius 2 is 1.91 bits per heavy atom. The van der Waals surface area contributed by atoms with Gasteiger partial charge in [0.15, 0.2) is 0 Å². The van der Waals surface area contributed by atoms with Crippen molar-refractivity contribution in [2.24, 2.45) is 17.6 Å². The van der Waals surface area contributed by atoms with Crippen LogP contribution >= 0.6 is 0 Å². The van der Waals surface area contributed by atoms with Crippen LogP contribution in [-0.4, -0.2) is 18.5 Å². The van der Waals surface area contributed by atoms with Crippen molar-refractivity contribution in [1.29, 1.82) is 0 Å². The zero-order valence-electron chi connectivity index (χ0n) is 13.8. The molecule has 23 heavy (non-hydrogen) atoms. The van der Waals surface area contributed by atoms with Crippen LogP contribution < -0.4 is 11.1 Å². The summed E-state index contributed by atoms with van der Waals surface area (Å²) >= 11 is 0. The SMILES string of the molecule is CC(C)CC(CN)NC(=O)C(C)Cc1cccc(C(F)(F)F)c1. The maximum absolute atomic E-state index is 12.7. The van der Waals surface area contributed by atoms with Gasteiger partial charge >= 0.3 is 6.18 Å². The van der Waals surface area contributed by atoms with Crippen LogP contribution in [-0.2, 0) is 17.4 Å². The second kappa shape index (κ2) is 8.34. The monoisotopic (exact) mass is 330 g/mol. The minimum Gasteiger partial charge on any atom is -0.352 e. The van der Waals surface area contributed by atoms with Gasteiger partial charge in [-0.25, -0.2) is 0 Å². The smallest absolute Gasteiger partial charge is 0.352 e. The van der Waals surface area contributed by atoms with Gasteiger partial charge < -0.3 is 11.1 Å². The largest absolute Gasteiger partial charge is 0.416 e. The molecule has 1 aromatic rings. The quantitative estimate of drug-likeness (QED) is 0.805. The number of carbonyl (C=O) groups excluding carboxylic acids is 1. The van der Waals surface area contributed by atoms with E-state index in [9.17, 15) is 18.0 Å². The van der Waals surface area contributed by atoms with Crippen LogP contribution in [0, 0.1) is 11.8 Å². The lowest BCUT2D eigenvalue weighted by Crippen LogP contribution is -2.43. The fourth-order valence-corrected chi connectivity index (χ4v) is 2.45. The first-order chi connectivity index (χ1) is 10.6. The van der Waals surface area contributed by atoms with Crippen molar-refractivity contribution in [1.82, 2.24) is 5.32 Å². The Morgan fingerprint density at radius 3 is 2.43 bits per heavy atom. The molecule has 0 bridgehead atoms. The Morgan fingerprint density at radius 1 is 1.26 bits per heavy atom. The van der Waals surface area contributed by atoms with Crippen LogP contribution in [0.2, 0.25) is 0 Å². The van der Waals surface area contributed by atoms with Gasteiger partial charge in [0.1, 0.15) is 0 Å². The van der Waals surface area contributed by atoms with E-state index in [0.717, 1.165) is 18.6 Å². The van der Waals surface area contributed by atoms with Crippen molar-refractivity contribution < 1.29 is 18.0 Å². The molecular weight excluding hydrogens is 305 g/mol. The summed E-state index contributed by atoms with van der Waals surface area (Å²) in [6, 6.07) is 4.99. The maximum Gasteiger partial charge on any atom is 0.416 e. The van der Waals surface area contributed by atoms with Gasteiger partial charge in [0.25, 0.3) is 0 Å². The van der Waals surface area contributed by atoms with E-state index >= 15 is 0 Å². The van der Waals surface area contributed by atoms with Crippen LogP contribution in [0.15, 0.2) is 24.3 Å². The second-order valence-corrected chi connectivity index (χ2v) is 6.37. The second-order valence-electron chi connectivity index (χ2n) is 6.37. The summed E-state index contributed by atoms with van der Waals surface area (Å²) in [5.41, 5.74) is 5.45. The molecule has 3 N–H and O–H groups in total. The highest BCUT2D eigenvalue weighted by molar-refractivity contribution is 5.78. The molecule has 1 amide bonds. The molecule has 130 valence electrons. The molecule has 0 aliphatic heterocycles. The van der Waals surface area contributed by atoms with E-state index in [-0.39, 0.29) is 18.4 Å². The molecule has 6 heteroatoms. The number of nitrogens with one attached hydrogen (secondary N) is 1. The number of amides is 1. The van der Waals surface area contributed by atoms with Crippen molar-refractivity contribution in [2.45, 2.75) is 45.8 Å². The van der Waals surface area contributed by atoms with Crippen molar-refractivity contribution in [3.05, 3.63) is 35.4 Å². The van der Waals surface area contributed by atoms with Crippen molar-refractivity contribution in [3.8, 4) is 0 Å². The number of alkyl halides is 3. The molecule has 0 heterocycles. The Balaban J connectivity index is 2.68. The van der Waals surface area contributed by atoms with Crippen molar-refractivity contribution in [2.75, 3.05) is 6.54 Å². The first-order valence-corrected chi connectivity index (χ1v) is 7.80. The maximum atomic E-state index is 12.7. The van der Waals surface area contributed by atoms with Gasteiger partial charge in [-0.05, 0) is 30.4 Å². The number of benzene rings is 1. The number of hydrogen-bond acceptors (Lipinski definition) is 2. The summed E-state index contributed by atoms with van der Waals surface area (Å²) in [4.78, 5) is 12.2. The summed E-state index contributed by atoms with van der Waals surface area (Å²) in [6.07, 6.45) is -3.34. The van der Waals surface area contributed by atoms with E-state index in [4.69, 9.17) is 5.73 Å². The Hall–Kier alpha value is -1.56. The summed E-state index contributed by atoms with van der Waals surface area (Å²) in [7, 11) is 0. The average Bonchev–Trinajstić information content (AvgIpc) is 2.45. The van der Waals surface area contributed by atoms with Crippen LogP contribution in [0.4, 0.5) is 13.2 Å². The van der Waals surface area contributed by atoms with Gasteiger partial charge in [0.2, 0.25) is 5.91 Å². The first kappa shape index (κ1) is 19.5. The van der Waals surface area contributed by atoms with Crippen LogP contribution in [0.25, 0.3) is 0 Å². The van der Waals surface area contributed by atoms with Crippen molar-refractivity contribution in [3.63, 3.8) is 0 Å². The number of halogens is 3. The van der Waals surface area contributed by atoms with E-state index in [0.29, 0.717) is 18.0 Å². The minimum absolute atomic E-state index is 0.105. The highest BCUT2D eigenvalue weighted by Crippen LogP contribution is 2.30. The number of hydrogen-bond donors (Lipinski definition) is 2. The standard InChI is InChI=1S/C17H25F3N2O/c1-11(2)7-15(10-21)22-16(23)12(3)8-13-5-4-6-14(9-13)17(18,19)20/h4-6,9,11-12,15H,7-8,10,21H2,1-3H3,(H,22,23). The van der Waals surface area contributed by atoms with E-state index in [1.165, 1.54) is 6.07 Å². The summed E-state index contributed by atoms with van der Waals surface area (Å²) in [5, 5.41) is 2.88. The van der Waals surface area contributed by atoms with Gasteiger partial charge in [-0.2, -0.15) is 13.2 Å². The Bertz CT molecular complexity index is 515. The number of rotatable bonds is 7. The molecule has 0 saturated carbocycles. The lowest BCUT2D eigenvalue weighted by atomic mass is 9.97. The van der Waals surface area contributed by atoms with E-state index in [1.807, 2.05) is 13.8 Å². The highest BCUT2D eigenvalue weighted by Gasteiger charge is 2.30. The molecule has 0 fully saturated rings. The minimum atomic E-state index is -4.37. The third-order valence-corrected chi connectivity index (χ3v) is 3.63. The fourth-order valence-electron chi connectivity index (χ4n) is 2.45. The molecule has 0 saturated heterocycles. The zero-order valence-corrected chi connectivity index (χ0v) is 13.8. The third kappa shape index (κ3) is 6.60. The lowest BCUT2D eigenvalue weighted by Gasteiger charge is -2.21. The summed E-state index contributed by atoms with van der Waals surface area (Å²) in [5.74, 6) is -0.194. The van der Waals surface area contributed by atoms with E-state index < -0.39 is 17.7 Å². The van der Waals surface area contributed by atoms with Crippen LogP contribution in [0.1, 0.15) is 38.3 Å². The fraction of sp³-hybridized carbons (Fsp3) is 0.588. The molecule has 1 rings (SSSR count). The predicted molar refractivity (Wildman–Crippen MR) is 84.8 cm³/mol. The molecule has 0 radical (unpaired) electrons. The van der Waals surface area contributed by atoms with Crippen molar-refractivity contribution >= 4 is 5.91 Å². The predicted octanol–water partition coefficient (Wildman–Crippen LogP) is 3.37. The molecule has 0 aliphatic rings. The molecule has 2 unspecified atom stereocenters. The topological polar surface area (TPSA) is 55.1 Å². The zero-order chi connectivity index (χ0) is 17.6. The van der Waals surface area contributed by atoms with E-state index in [2.05, 4.69) is 5.32 Å². The molecule has 0 aromatic heterocycles. The first-order valence-electron chi connectivity index (χ1n) is 7.80. The average molecular weight is 330 g/mol. The number of carbonyl (C=O) groups is 1. The Kier molecular flexibility index (Phi) is 7.06. The molecule has 0 spiro atoms. The molecular formula is C17H25F3N2O. The summed E-state index contributed by atoms with van der Waals surface area (Å²) in [6.45, 7) is 6.14. The number of nitrogens with two attached hydrogens (primary N) is 1. The highest BCUT2D eigenvalue weighted by atomic mass is 19.4. The van der Waals surface area contributed by atoms with Gasteiger partial charge in [-0.1, -0.05) is 39.0 Å². The van der Waals surface area contributed by atoms with Gasteiger partial charge in [0.05, 0.1) is 5.56 Å². The van der Waals surface area contributed by atoms with E-state index in [1.54, 1.807) is 13.0 Å². The van der Waals surface area contributed by atoms with Gasteiger partial charge in [-0.15, -0.1) is 0 Å². The lowest BCUT2D eigenvalue weighted by molar-refractivity contribution is -0.137. The van der Waals surface area contributed by atoms with Crippen LogP contribution in [0.5, 0.6) is 0 Å². The molecule has 2 atom stereocenters. The summed E-state index contributed by atoms with van der Waals surface area (Å²) < 4.78 is 38.1. The molecule has 3 nitrogen and oxygen atoms in total. The van der Waals surface area contributed by atoms with Gasteiger partial charge in [0, 0.05) is 18.5 Å². The normalized spacial score (nSPS) is 14.6. The molecule has 0 aliphatic carbocycles. The van der Waals surface area contributed by atoms with Gasteiger partial charge in [-0.3, -0.25) is 4.79 Å². The Labute approximate surface area is 135 Å². The third-order valence-electron chi connectivity index (χ3n) is 3.63. The van der Waals surface area contributed by atoms with Crippen LogP contribution in [0.3, 0.4) is 0 Å². The molecule has 1 aromatic carbocycles.